The number of aliphatic hydroxyl groups is 1. The van der Waals surface area contributed by atoms with Crippen LogP contribution in [0.5, 0.6) is 5.75 Å². The van der Waals surface area contributed by atoms with E-state index in [0.717, 1.165) is 11.4 Å². The molecule has 5 heteroatoms. The zero-order valence-electron chi connectivity index (χ0n) is 12.5. The second-order valence-corrected chi connectivity index (χ2v) is 5.19. The smallest absolute Gasteiger partial charge is 0.139 e. The van der Waals surface area contributed by atoms with Crippen LogP contribution in [0.25, 0.3) is 11.4 Å². The summed E-state index contributed by atoms with van der Waals surface area (Å²) < 4.78 is 20.2. The molecule has 0 fully saturated rings. The lowest BCUT2D eigenvalue weighted by atomic mass is 10.2. The van der Waals surface area contributed by atoms with Crippen molar-refractivity contribution in [3.8, 4) is 17.1 Å². The lowest BCUT2D eigenvalue weighted by Crippen LogP contribution is -2.23. The maximum Gasteiger partial charge on any atom is 0.139 e. The van der Waals surface area contributed by atoms with Gasteiger partial charge in [0.05, 0.1) is 6.54 Å². The zero-order chi connectivity index (χ0) is 16.1. The zero-order valence-corrected chi connectivity index (χ0v) is 12.5. The molecule has 0 saturated carbocycles. The summed E-state index contributed by atoms with van der Waals surface area (Å²) in [5, 5.41) is 10.2. The number of hydrogen-bond donors (Lipinski definition) is 1. The number of ether oxygens (including phenoxy) is 1. The highest BCUT2D eigenvalue weighted by molar-refractivity contribution is 5.55. The van der Waals surface area contributed by atoms with E-state index in [4.69, 9.17) is 4.74 Å². The van der Waals surface area contributed by atoms with Crippen molar-refractivity contribution in [1.29, 1.82) is 0 Å². The number of aliphatic hydroxyl groups excluding tert-OH is 1. The van der Waals surface area contributed by atoms with Crippen molar-refractivity contribution >= 4 is 0 Å². The molecule has 1 N–H and O–H groups in total. The third-order valence-electron chi connectivity index (χ3n) is 3.41. The van der Waals surface area contributed by atoms with Gasteiger partial charge >= 0.3 is 0 Å². The summed E-state index contributed by atoms with van der Waals surface area (Å²) in [4.78, 5) is 4.34. The van der Waals surface area contributed by atoms with Crippen molar-refractivity contribution in [2.45, 2.75) is 12.6 Å². The van der Waals surface area contributed by atoms with Crippen LogP contribution in [-0.4, -0.2) is 27.4 Å². The molecule has 1 atom stereocenters. The average Bonchev–Trinajstić information content (AvgIpc) is 3.03. The Balaban J connectivity index is 1.61. The molecule has 1 unspecified atom stereocenters. The van der Waals surface area contributed by atoms with Crippen LogP contribution < -0.4 is 4.74 Å². The van der Waals surface area contributed by atoms with Gasteiger partial charge in [0.25, 0.3) is 0 Å². The second-order valence-electron chi connectivity index (χ2n) is 5.19. The summed E-state index contributed by atoms with van der Waals surface area (Å²) in [7, 11) is 0. The van der Waals surface area contributed by atoms with E-state index >= 15 is 0 Å². The Morgan fingerprint density at radius 2 is 1.83 bits per heavy atom. The first-order valence-corrected chi connectivity index (χ1v) is 7.35. The highest BCUT2D eigenvalue weighted by Crippen LogP contribution is 2.17. The van der Waals surface area contributed by atoms with E-state index in [1.165, 1.54) is 24.3 Å². The summed E-state index contributed by atoms with van der Waals surface area (Å²) in [5.41, 5.74) is 0.990. The van der Waals surface area contributed by atoms with Gasteiger partial charge in [0.2, 0.25) is 0 Å². The minimum absolute atomic E-state index is 0.123. The fraction of sp³-hybridized carbons (Fsp3) is 0.167. The Morgan fingerprint density at radius 3 is 2.57 bits per heavy atom. The fourth-order valence-electron chi connectivity index (χ4n) is 2.31. The molecule has 0 spiro atoms. The van der Waals surface area contributed by atoms with Crippen LogP contribution in [0.3, 0.4) is 0 Å². The van der Waals surface area contributed by atoms with Gasteiger partial charge in [0, 0.05) is 18.0 Å². The van der Waals surface area contributed by atoms with Crippen molar-refractivity contribution in [3.63, 3.8) is 0 Å². The lowest BCUT2D eigenvalue weighted by molar-refractivity contribution is 0.0928. The lowest BCUT2D eigenvalue weighted by Gasteiger charge is -2.15. The number of nitrogens with zero attached hydrogens (tertiary/aromatic N) is 2. The highest BCUT2D eigenvalue weighted by atomic mass is 19.1. The first kappa shape index (κ1) is 15.2. The van der Waals surface area contributed by atoms with E-state index in [1.807, 2.05) is 41.1 Å². The van der Waals surface area contributed by atoms with E-state index in [1.54, 1.807) is 6.20 Å². The van der Waals surface area contributed by atoms with Gasteiger partial charge in [-0.1, -0.05) is 30.3 Å². The quantitative estimate of drug-likeness (QED) is 0.761. The Morgan fingerprint density at radius 1 is 1.09 bits per heavy atom. The molecule has 3 aromatic rings. The van der Waals surface area contributed by atoms with Crippen molar-refractivity contribution in [3.05, 3.63) is 72.8 Å². The van der Waals surface area contributed by atoms with Gasteiger partial charge in [-0.3, -0.25) is 0 Å². The minimum atomic E-state index is -0.697. The van der Waals surface area contributed by atoms with Gasteiger partial charge in [0.15, 0.2) is 0 Å². The topological polar surface area (TPSA) is 47.3 Å². The van der Waals surface area contributed by atoms with Gasteiger partial charge in [-0.2, -0.15) is 0 Å². The molecule has 0 aliphatic rings. The average molecular weight is 312 g/mol. The van der Waals surface area contributed by atoms with Gasteiger partial charge < -0.3 is 14.4 Å². The van der Waals surface area contributed by atoms with Crippen LogP contribution in [0.2, 0.25) is 0 Å². The SMILES string of the molecule is OC(COc1ccc(F)cc1)Cn1ccnc1-c1ccccc1. The van der Waals surface area contributed by atoms with Gasteiger partial charge in [0.1, 0.15) is 30.1 Å². The van der Waals surface area contributed by atoms with Crippen molar-refractivity contribution in [2.75, 3.05) is 6.61 Å². The summed E-state index contributed by atoms with van der Waals surface area (Å²) in [5.74, 6) is 1.01. The molecule has 1 heterocycles. The van der Waals surface area contributed by atoms with Gasteiger partial charge in [-0.25, -0.2) is 9.37 Å². The van der Waals surface area contributed by atoms with E-state index < -0.39 is 6.10 Å². The first-order chi connectivity index (χ1) is 11.2. The van der Waals surface area contributed by atoms with Crippen LogP contribution in [0.4, 0.5) is 4.39 Å². The molecule has 2 aromatic carbocycles. The minimum Gasteiger partial charge on any atom is -0.491 e. The van der Waals surface area contributed by atoms with Crippen LogP contribution >= 0.6 is 0 Å². The van der Waals surface area contributed by atoms with E-state index in [-0.39, 0.29) is 12.4 Å². The Labute approximate surface area is 133 Å². The number of halogens is 1. The number of hydrogen-bond acceptors (Lipinski definition) is 3. The number of benzene rings is 2. The largest absolute Gasteiger partial charge is 0.491 e. The van der Waals surface area contributed by atoms with Crippen molar-refractivity contribution in [1.82, 2.24) is 9.55 Å². The standard InChI is InChI=1S/C18H17FN2O2/c19-15-6-8-17(9-7-15)23-13-16(22)12-21-11-10-20-18(21)14-4-2-1-3-5-14/h1-11,16,22H,12-13H2. The molecular weight excluding hydrogens is 295 g/mol. The van der Waals surface area contributed by atoms with Gasteiger partial charge in [-0.15, -0.1) is 0 Å². The number of imidazole rings is 1. The molecule has 1 aromatic heterocycles. The monoisotopic (exact) mass is 312 g/mol. The van der Waals surface area contributed by atoms with E-state index in [2.05, 4.69) is 4.98 Å². The third kappa shape index (κ3) is 3.96. The molecule has 0 saturated heterocycles. The van der Waals surface area contributed by atoms with E-state index in [0.29, 0.717) is 12.3 Å². The summed E-state index contributed by atoms with van der Waals surface area (Å²) in [6.07, 6.45) is 2.83. The van der Waals surface area contributed by atoms with Crippen LogP contribution in [0, 0.1) is 5.82 Å². The highest BCUT2D eigenvalue weighted by Gasteiger charge is 2.11. The normalized spacial score (nSPS) is 12.1. The third-order valence-corrected chi connectivity index (χ3v) is 3.41. The number of rotatable bonds is 6. The molecule has 0 aliphatic carbocycles. The Hall–Kier alpha value is -2.66. The molecule has 4 nitrogen and oxygen atoms in total. The molecule has 0 amide bonds. The molecule has 23 heavy (non-hydrogen) atoms. The van der Waals surface area contributed by atoms with Crippen molar-refractivity contribution < 1.29 is 14.2 Å². The van der Waals surface area contributed by atoms with Crippen molar-refractivity contribution in [2.24, 2.45) is 0 Å². The van der Waals surface area contributed by atoms with Crippen LogP contribution in [0.1, 0.15) is 0 Å². The molecule has 118 valence electrons. The Bertz CT molecular complexity index is 741. The first-order valence-electron chi connectivity index (χ1n) is 7.35. The Kier molecular flexibility index (Phi) is 4.68. The fourth-order valence-corrected chi connectivity index (χ4v) is 2.31. The van der Waals surface area contributed by atoms with Gasteiger partial charge in [-0.05, 0) is 24.3 Å². The molecule has 0 aliphatic heterocycles. The molecule has 3 rings (SSSR count). The molecular formula is C18H17FN2O2. The maximum absolute atomic E-state index is 12.8. The number of aromatic nitrogens is 2. The predicted molar refractivity (Wildman–Crippen MR) is 85.6 cm³/mol. The second kappa shape index (κ2) is 7.07. The summed E-state index contributed by atoms with van der Waals surface area (Å²) >= 11 is 0. The molecule has 0 bridgehead atoms. The van der Waals surface area contributed by atoms with Crippen LogP contribution in [0.15, 0.2) is 67.0 Å². The molecule has 0 radical (unpaired) electrons. The summed E-state index contributed by atoms with van der Waals surface area (Å²) in [6, 6.07) is 15.5. The summed E-state index contributed by atoms with van der Waals surface area (Å²) in [6.45, 7) is 0.490. The van der Waals surface area contributed by atoms with Crippen LogP contribution in [-0.2, 0) is 6.54 Å². The van der Waals surface area contributed by atoms with E-state index in [9.17, 15) is 9.50 Å². The maximum atomic E-state index is 12.8. The predicted octanol–water partition coefficient (Wildman–Crippen LogP) is 3.13.